The summed E-state index contributed by atoms with van der Waals surface area (Å²) in [4.78, 5) is 9.99. The third kappa shape index (κ3) is 3.36. The molecule has 0 amide bonds. The van der Waals surface area contributed by atoms with Crippen LogP contribution in [0.5, 0.6) is 0 Å². The van der Waals surface area contributed by atoms with Gasteiger partial charge in [-0.25, -0.2) is 18.4 Å². The molecule has 154 valence electrons. The Morgan fingerprint density at radius 3 is 2.39 bits per heavy atom. The maximum absolute atomic E-state index is 13.5. The number of thiophene rings is 1. The zero-order valence-electron chi connectivity index (χ0n) is 15.8. The fraction of sp³-hybridized carbons (Fsp3) is 0. The van der Waals surface area contributed by atoms with E-state index in [0.29, 0.717) is 16.1 Å². The van der Waals surface area contributed by atoms with Crippen LogP contribution in [0.1, 0.15) is 4.88 Å². The zero-order chi connectivity index (χ0) is 21.6. The Hall–Kier alpha value is -3.27. The molecule has 7 nitrogen and oxygen atoms in total. The molecule has 10 heteroatoms. The summed E-state index contributed by atoms with van der Waals surface area (Å²) in [6.07, 6.45) is 1.61. The lowest BCUT2D eigenvalue weighted by molar-refractivity contribution is 0.597. The summed E-state index contributed by atoms with van der Waals surface area (Å²) in [7, 11) is -4.01. The number of benzene rings is 2. The van der Waals surface area contributed by atoms with E-state index in [1.807, 2.05) is 29.6 Å². The highest BCUT2D eigenvalue weighted by Crippen LogP contribution is 2.35. The Morgan fingerprint density at radius 2 is 1.71 bits per heavy atom. The number of fused-ring (bicyclic) bond motifs is 2. The van der Waals surface area contributed by atoms with E-state index in [-0.39, 0.29) is 26.8 Å². The number of nitrogens with two attached hydrogens (primary N) is 1. The maximum atomic E-state index is 13.5. The minimum Gasteiger partial charge on any atom is -0.382 e. The van der Waals surface area contributed by atoms with E-state index in [1.54, 1.807) is 18.3 Å². The molecular weight excluding hydrogens is 454 g/mol. The Labute approximate surface area is 186 Å². The number of halogens is 1. The van der Waals surface area contributed by atoms with E-state index in [1.165, 1.54) is 40.3 Å². The van der Waals surface area contributed by atoms with Crippen LogP contribution < -0.4 is 5.73 Å². The number of para-hydroxylation sites is 2. The van der Waals surface area contributed by atoms with Crippen molar-refractivity contribution >= 4 is 67.0 Å². The predicted molar refractivity (Wildman–Crippen MR) is 124 cm³/mol. The Balaban J connectivity index is 1.82. The molecule has 0 unspecified atom stereocenters. The topological polar surface area (TPSA) is 103 Å². The Morgan fingerprint density at radius 1 is 1.00 bits per heavy atom. The quantitative estimate of drug-likeness (QED) is 0.389. The number of anilines is 1. The summed E-state index contributed by atoms with van der Waals surface area (Å²) >= 11 is 7.43. The molecule has 31 heavy (non-hydrogen) atoms. The normalized spacial score (nSPS) is 12.3. The third-order valence-corrected chi connectivity index (χ3v) is 7.56. The highest BCUT2D eigenvalue weighted by atomic mass is 35.5. The minimum absolute atomic E-state index is 0.0554. The van der Waals surface area contributed by atoms with E-state index in [0.717, 1.165) is 4.88 Å². The van der Waals surface area contributed by atoms with Crippen molar-refractivity contribution in [3.05, 3.63) is 75.9 Å². The first-order valence-corrected chi connectivity index (χ1v) is 11.8. The van der Waals surface area contributed by atoms with Crippen LogP contribution in [-0.4, -0.2) is 29.3 Å². The Bertz CT molecular complexity index is 1560. The fourth-order valence-corrected chi connectivity index (χ4v) is 5.40. The van der Waals surface area contributed by atoms with E-state index < -0.39 is 9.84 Å². The lowest BCUT2D eigenvalue weighted by Gasteiger charge is -2.05. The maximum Gasteiger partial charge on any atom is 0.212 e. The molecule has 2 N–H and O–H groups in total. The van der Waals surface area contributed by atoms with Gasteiger partial charge in [0, 0.05) is 9.90 Å². The number of hydrogen-bond donors (Lipinski definition) is 1. The van der Waals surface area contributed by atoms with E-state index in [9.17, 15) is 8.42 Å². The highest BCUT2D eigenvalue weighted by Gasteiger charge is 2.30. The lowest BCUT2D eigenvalue weighted by Crippen LogP contribution is -2.06. The number of aromatic nitrogens is 3. The van der Waals surface area contributed by atoms with Crippen molar-refractivity contribution in [2.24, 2.45) is 5.10 Å². The van der Waals surface area contributed by atoms with Gasteiger partial charge in [0.05, 0.1) is 22.1 Å². The molecule has 5 rings (SSSR count). The van der Waals surface area contributed by atoms with Crippen molar-refractivity contribution in [2.75, 3.05) is 5.73 Å². The molecule has 0 spiro atoms. The van der Waals surface area contributed by atoms with Crippen molar-refractivity contribution in [1.82, 2.24) is 14.6 Å². The molecule has 3 aromatic heterocycles. The molecule has 5 aromatic rings. The van der Waals surface area contributed by atoms with Crippen LogP contribution in [0.15, 0.2) is 80.9 Å². The average Bonchev–Trinajstić information content (AvgIpc) is 3.36. The summed E-state index contributed by atoms with van der Waals surface area (Å²) in [6, 6.07) is 16.9. The highest BCUT2D eigenvalue weighted by molar-refractivity contribution is 7.92. The van der Waals surface area contributed by atoms with Crippen LogP contribution in [0.3, 0.4) is 0 Å². The molecule has 0 saturated carbocycles. The van der Waals surface area contributed by atoms with Gasteiger partial charge in [-0.15, -0.1) is 11.3 Å². The number of nitrogen functional groups attached to an aromatic ring is 1. The molecule has 0 radical (unpaired) electrons. The van der Waals surface area contributed by atoms with Crippen LogP contribution in [-0.2, 0) is 9.84 Å². The van der Waals surface area contributed by atoms with Crippen LogP contribution in [0.2, 0.25) is 5.02 Å². The first-order chi connectivity index (χ1) is 14.9. The average molecular weight is 468 g/mol. The smallest absolute Gasteiger partial charge is 0.212 e. The van der Waals surface area contributed by atoms with Crippen LogP contribution >= 0.6 is 22.9 Å². The number of rotatable bonds is 4. The second-order valence-electron chi connectivity index (χ2n) is 6.63. The van der Waals surface area contributed by atoms with Gasteiger partial charge >= 0.3 is 0 Å². The van der Waals surface area contributed by atoms with Crippen molar-refractivity contribution in [2.45, 2.75) is 9.79 Å². The molecule has 3 heterocycles. The van der Waals surface area contributed by atoms with Crippen molar-refractivity contribution < 1.29 is 8.42 Å². The second-order valence-corrected chi connectivity index (χ2v) is 9.93. The largest absolute Gasteiger partial charge is 0.382 e. The molecule has 0 saturated heterocycles. The summed E-state index contributed by atoms with van der Waals surface area (Å²) < 4.78 is 28.3. The zero-order valence-corrected chi connectivity index (χ0v) is 18.2. The lowest BCUT2D eigenvalue weighted by atomic mass is 10.3. The van der Waals surface area contributed by atoms with Crippen LogP contribution in [0, 0.1) is 0 Å². The first kappa shape index (κ1) is 19.7. The second kappa shape index (κ2) is 7.45. The third-order valence-electron chi connectivity index (χ3n) is 4.66. The van der Waals surface area contributed by atoms with Gasteiger partial charge in [-0.05, 0) is 47.8 Å². The molecular formula is C21H14ClN5O2S2. The molecule has 0 aliphatic rings. The van der Waals surface area contributed by atoms with Crippen LogP contribution in [0.25, 0.3) is 22.2 Å². The number of hydrogen-bond acceptors (Lipinski definition) is 7. The molecule has 0 bridgehead atoms. The predicted octanol–water partition coefficient (Wildman–Crippen LogP) is 4.60. The molecule has 0 aliphatic carbocycles. The van der Waals surface area contributed by atoms with Crippen molar-refractivity contribution in [3.63, 3.8) is 0 Å². The number of sulfone groups is 1. The SMILES string of the molecule is Nc1c(S(=O)(=O)c2ccc(Cl)cc2)c2nc3ccccc3nc2n1/N=C/c1cccs1. The fourth-order valence-electron chi connectivity index (χ4n) is 3.22. The standard InChI is InChI=1S/C21H14ClN5O2S2/c22-13-7-9-15(10-8-13)31(28,29)19-18-21(26-17-6-2-1-5-16(17)25-18)27(20(19)23)24-12-14-4-3-11-30-14/h1-12H,23H2/b24-12+. The van der Waals surface area contributed by atoms with E-state index in [2.05, 4.69) is 15.1 Å². The summed E-state index contributed by atoms with van der Waals surface area (Å²) in [6.45, 7) is 0. The van der Waals surface area contributed by atoms with E-state index in [4.69, 9.17) is 17.3 Å². The van der Waals surface area contributed by atoms with Crippen molar-refractivity contribution in [3.8, 4) is 0 Å². The minimum atomic E-state index is -4.01. The van der Waals surface area contributed by atoms with Gasteiger partial charge in [0.2, 0.25) is 9.84 Å². The molecule has 0 atom stereocenters. The summed E-state index contributed by atoms with van der Waals surface area (Å²) in [5.41, 5.74) is 7.93. The van der Waals surface area contributed by atoms with Gasteiger partial charge in [0.15, 0.2) is 5.65 Å². The molecule has 2 aromatic carbocycles. The Kier molecular flexibility index (Phi) is 4.73. The van der Waals surface area contributed by atoms with Gasteiger partial charge in [0.1, 0.15) is 16.2 Å². The van der Waals surface area contributed by atoms with Gasteiger partial charge in [-0.1, -0.05) is 29.8 Å². The van der Waals surface area contributed by atoms with E-state index >= 15 is 0 Å². The monoisotopic (exact) mass is 467 g/mol. The molecule has 0 fully saturated rings. The van der Waals surface area contributed by atoms with Gasteiger partial charge in [-0.2, -0.15) is 9.78 Å². The van der Waals surface area contributed by atoms with Crippen molar-refractivity contribution in [1.29, 1.82) is 0 Å². The number of nitrogens with zero attached hydrogens (tertiary/aromatic N) is 4. The van der Waals surface area contributed by atoms with Gasteiger partial charge in [-0.3, -0.25) is 0 Å². The summed E-state index contributed by atoms with van der Waals surface area (Å²) in [5, 5.41) is 6.76. The molecule has 0 aliphatic heterocycles. The van der Waals surface area contributed by atoms with Crippen LogP contribution in [0.4, 0.5) is 5.82 Å². The van der Waals surface area contributed by atoms with Gasteiger partial charge in [0.25, 0.3) is 0 Å². The first-order valence-electron chi connectivity index (χ1n) is 9.10. The van der Waals surface area contributed by atoms with Gasteiger partial charge < -0.3 is 5.73 Å². The summed E-state index contributed by atoms with van der Waals surface area (Å²) in [5.74, 6) is -0.0620.